The van der Waals surface area contributed by atoms with Crippen molar-refractivity contribution in [3.05, 3.63) is 65.2 Å². The highest BCUT2D eigenvalue weighted by molar-refractivity contribution is 5.79. The van der Waals surface area contributed by atoms with E-state index in [4.69, 9.17) is 9.73 Å². The van der Waals surface area contributed by atoms with Gasteiger partial charge in [-0.15, -0.1) is 0 Å². The average molecular weight is 437 g/mol. The average Bonchev–Trinajstić information content (AvgIpc) is 3.15. The largest absolute Gasteiger partial charge is 0.488 e. The predicted molar refractivity (Wildman–Crippen MR) is 130 cm³/mol. The molecule has 1 amide bonds. The highest BCUT2D eigenvalue weighted by atomic mass is 16.5. The number of likely N-dealkylation sites (tertiary alicyclic amines) is 1. The minimum absolute atomic E-state index is 0.247. The van der Waals surface area contributed by atoms with E-state index in [9.17, 15) is 4.79 Å². The van der Waals surface area contributed by atoms with Crippen LogP contribution in [0.1, 0.15) is 57.2 Å². The Labute approximate surface area is 192 Å². The van der Waals surface area contributed by atoms with Gasteiger partial charge in [0.15, 0.2) is 5.96 Å². The van der Waals surface area contributed by atoms with Gasteiger partial charge in [-0.1, -0.05) is 42.5 Å². The molecule has 6 nitrogen and oxygen atoms in total. The first-order chi connectivity index (χ1) is 15.3. The Kier molecular flexibility index (Phi) is 8.14. The Morgan fingerprint density at radius 1 is 1.06 bits per heavy atom. The Bertz CT molecular complexity index is 916. The maximum atomic E-state index is 11.8. The second-order valence-electron chi connectivity index (χ2n) is 9.11. The third kappa shape index (κ3) is 7.29. The van der Waals surface area contributed by atoms with E-state index in [1.54, 1.807) is 0 Å². The fraction of sp³-hybridized carbons (Fsp3) is 0.462. The normalized spacial score (nSPS) is 14.6. The van der Waals surface area contributed by atoms with Gasteiger partial charge in [0.1, 0.15) is 11.4 Å². The summed E-state index contributed by atoms with van der Waals surface area (Å²) >= 11 is 0. The molecule has 0 spiro atoms. The molecule has 0 saturated carbocycles. The topological polar surface area (TPSA) is 66.0 Å². The lowest BCUT2D eigenvalue weighted by Crippen LogP contribution is -2.37. The van der Waals surface area contributed by atoms with Crippen molar-refractivity contribution in [1.82, 2.24) is 15.5 Å². The molecule has 1 aliphatic rings. The first kappa shape index (κ1) is 23.6. The predicted octanol–water partition coefficient (Wildman–Crippen LogP) is 4.24. The molecule has 2 aromatic rings. The van der Waals surface area contributed by atoms with Crippen LogP contribution in [0.15, 0.2) is 53.5 Å². The second-order valence-corrected chi connectivity index (χ2v) is 9.11. The smallest absolute Gasteiger partial charge is 0.222 e. The lowest BCUT2D eigenvalue weighted by molar-refractivity contribution is -0.128. The van der Waals surface area contributed by atoms with E-state index < -0.39 is 0 Å². The SMILES string of the molecule is CCNC(=NCc1ccc(CN2CCCC2=O)cc1)NCc1ccccc1OC(C)(C)C. The van der Waals surface area contributed by atoms with E-state index in [-0.39, 0.29) is 11.5 Å². The number of aliphatic imine (C=N–C) groups is 1. The van der Waals surface area contributed by atoms with Crippen LogP contribution in [0.2, 0.25) is 0 Å². The maximum absolute atomic E-state index is 11.8. The summed E-state index contributed by atoms with van der Waals surface area (Å²) in [6.07, 6.45) is 1.65. The number of amides is 1. The fourth-order valence-corrected chi connectivity index (χ4v) is 3.61. The Balaban J connectivity index is 1.59. The number of carbonyl (C=O) groups excluding carboxylic acids is 1. The van der Waals surface area contributed by atoms with Crippen LogP contribution in [0.4, 0.5) is 0 Å². The summed E-state index contributed by atoms with van der Waals surface area (Å²) in [5, 5.41) is 6.72. The molecule has 2 N–H and O–H groups in total. The summed E-state index contributed by atoms with van der Waals surface area (Å²) in [4.78, 5) is 18.5. The molecule has 1 aliphatic heterocycles. The lowest BCUT2D eigenvalue weighted by atomic mass is 10.1. The molecule has 0 unspecified atom stereocenters. The summed E-state index contributed by atoms with van der Waals surface area (Å²) in [6, 6.07) is 16.5. The Morgan fingerprint density at radius 3 is 2.44 bits per heavy atom. The number of hydrogen-bond donors (Lipinski definition) is 2. The standard InChI is InChI=1S/C26H36N4O2/c1-5-27-25(29-18-22-9-6-7-10-23(22)32-26(2,3)4)28-17-20-12-14-21(15-13-20)19-30-16-8-11-24(30)31/h6-7,9-10,12-15H,5,8,11,16-19H2,1-4H3,(H2,27,28,29). The number of nitrogens with zero attached hydrogens (tertiary/aromatic N) is 2. The highest BCUT2D eigenvalue weighted by Gasteiger charge is 2.19. The number of para-hydroxylation sites is 1. The van der Waals surface area contributed by atoms with Gasteiger partial charge >= 0.3 is 0 Å². The van der Waals surface area contributed by atoms with E-state index in [2.05, 4.69) is 68.7 Å². The van der Waals surface area contributed by atoms with Crippen LogP contribution in [0, 0.1) is 0 Å². The summed E-state index contributed by atoms with van der Waals surface area (Å²) in [5.74, 6) is 1.91. The number of guanidine groups is 1. The molecule has 3 rings (SSSR count). The minimum atomic E-state index is -0.247. The second kappa shape index (κ2) is 11.0. The highest BCUT2D eigenvalue weighted by Crippen LogP contribution is 2.22. The Hall–Kier alpha value is -3.02. The third-order valence-corrected chi connectivity index (χ3v) is 5.17. The molecule has 1 heterocycles. The summed E-state index contributed by atoms with van der Waals surface area (Å²) in [7, 11) is 0. The first-order valence-electron chi connectivity index (χ1n) is 11.5. The number of rotatable bonds is 8. The van der Waals surface area contributed by atoms with Gasteiger partial charge < -0.3 is 20.3 Å². The van der Waals surface area contributed by atoms with Crippen LogP contribution in [0.3, 0.4) is 0 Å². The quantitative estimate of drug-likeness (QED) is 0.480. The van der Waals surface area contributed by atoms with Gasteiger partial charge in [0.25, 0.3) is 0 Å². The molecule has 0 aromatic heterocycles. The van der Waals surface area contributed by atoms with Crippen molar-refractivity contribution in [2.24, 2.45) is 4.99 Å². The van der Waals surface area contributed by atoms with E-state index >= 15 is 0 Å². The van der Waals surface area contributed by atoms with E-state index in [0.29, 0.717) is 26.1 Å². The summed E-state index contributed by atoms with van der Waals surface area (Å²) in [5.41, 5.74) is 3.14. The number of ether oxygens (including phenoxy) is 1. The van der Waals surface area contributed by atoms with Gasteiger partial charge in [-0.05, 0) is 51.3 Å². The van der Waals surface area contributed by atoms with Crippen molar-refractivity contribution in [2.75, 3.05) is 13.1 Å². The molecule has 0 atom stereocenters. The van der Waals surface area contributed by atoms with Crippen LogP contribution in [-0.4, -0.2) is 35.5 Å². The molecule has 2 aromatic carbocycles. The monoisotopic (exact) mass is 436 g/mol. The molecule has 0 aliphatic carbocycles. The van der Waals surface area contributed by atoms with Crippen LogP contribution in [0.25, 0.3) is 0 Å². The van der Waals surface area contributed by atoms with Crippen LogP contribution < -0.4 is 15.4 Å². The van der Waals surface area contributed by atoms with Gasteiger partial charge in [-0.25, -0.2) is 4.99 Å². The molecule has 0 bridgehead atoms. The van der Waals surface area contributed by atoms with Gasteiger partial charge in [-0.3, -0.25) is 4.79 Å². The third-order valence-electron chi connectivity index (χ3n) is 5.17. The molecule has 1 fully saturated rings. The van der Waals surface area contributed by atoms with Crippen molar-refractivity contribution < 1.29 is 9.53 Å². The fourth-order valence-electron chi connectivity index (χ4n) is 3.61. The lowest BCUT2D eigenvalue weighted by Gasteiger charge is -2.23. The molecular weight excluding hydrogens is 400 g/mol. The van der Waals surface area contributed by atoms with Gasteiger partial charge in [0, 0.05) is 38.2 Å². The van der Waals surface area contributed by atoms with Crippen LogP contribution >= 0.6 is 0 Å². The van der Waals surface area contributed by atoms with Crippen molar-refractivity contribution in [3.63, 3.8) is 0 Å². The van der Waals surface area contributed by atoms with E-state index in [0.717, 1.165) is 47.9 Å². The summed E-state index contributed by atoms with van der Waals surface area (Å²) in [6.45, 7) is 11.8. The van der Waals surface area contributed by atoms with Crippen molar-refractivity contribution in [3.8, 4) is 5.75 Å². The molecule has 6 heteroatoms. The molecule has 172 valence electrons. The zero-order chi connectivity index (χ0) is 23.0. The minimum Gasteiger partial charge on any atom is -0.488 e. The molecule has 0 radical (unpaired) electrons. The zero-order valence-electron chi connectivity index (χ0n) is 19.8. The van der Waals surface area contributed by atoms with Crippen molar-refractivity contribution in [1.29, 1.82) is 0 Å². The zero-order valence-corrected chi connectivity index (χ0v) is 19.8. The number of benzene rings is 2. The van der Waals surface area contributed by atoms with Crippen LogP contribution in [-0.2, 0) is 24.4 Å². The van der Waals surface area contributed by atoms with E-state index in [1.165, 1.54) is 0 Å². The maximum Gasteiger partial charge on any atom is 0.222 e. The number of hydrogen-bond acceptors (Lipinski definition) is 3. The van der Waals surface area contributed by atoms with Crippen LogP contribution in [0.5, 0.6) is 5.75 Å². The molecule has 32 heavy (non-hydrogen) atoms. The van der Waals surface area contributed by atoms with E-state index in [1.807, 2.05) is 23.1 Å². The number of carbonyl (C=O) groups is 1. The van der Waals surface area contributed by atoms with Gasteiger partial charge in [0.05, 0.1) is 6.54 Å². The number of nitrogens with one attached hydrogen (secondary N) is 2. The van der Waals surface area contributed by atoms with Crippen molar-refractivity contribution in [2.45, 2.75) is 65.8 Å². The van der Waals surface area contributed by atoms with Gasteiger partial charge in [-0.2, -0.15) is 0 Å². The van der Waals surface area contributed by atoms with Crippen molar-refractivity contribution >= 4 is 11.9 Å². The summed E-state index contributed by atoms with van der Waals surface area (Å²) < 4.78 is 6.09. The molecular formula is C26H36N4O2. The molecule has 1 saturated heterocycles. The van der Waals surface area contributed by atoms with Gasteiger partial charge in [0.2, 0.25) is 5.91 Å². The Morgan fingerprint density at radius 2 is 1.78 bits per heavy atom. The first-order valence-corrected chi connectivity index (χ1v) is 11.5.